The molecule has 19 heavy (non-hydrogen) atoms. The topological polar surface area (TPSA) is 81.7 Å². The lowest BCUT2D eigenvalue weighted by Gasteiger charge is -2.12. The van der Waals surface area contributed by atoms with E-state index >= 15 is 0 Å². The zero-order valence-electron chi connectivity index (χ0n) is 11.8. The zero-order chi connectivity index (χ0) is 14.0. The standard InChI is InChI=1S/C13H20N6/c1-8(2)12-17-11(14)9(3)13(18-12)15-5-10-6-16-19(4)7-10/h6-8H,5H2,1-4H3,(H3,14,15,17,18). The molecule has 0 aliphatic carbocycles. The quantitative estimate of drug-likeness (QED) is 0.876. The van der Waals surface area contributed by atoms with Gasteiger partial charge in [0.15, 0.2) is 0 Å². The van der Waals surface area contributed by atoms with Crippen molar-refractivity contribution in [3.05, 3.63) is 29.3 Å². The lowest BCUT2D eigenvalue weighted by molar-refractivity contribution is 0.766. The Balaban J connectivity index is 2.19. The molecule has 0 aliphatic heterocycles. The van der Waals surface area contributed by atoms with E-state index in [0.29, 0.717) is 12.4 Å². The van der Waals surface area contributed by atoms with Crippen LogP contribution in [0.15, 0.2) is 12.4 Å². The SMILES string of the molecule is Cc1c(N)nc(C(C)C)nc1NCc1cnn(C)c1. The molecule has 0 fully saturated rings. The predicted octanol–water partition coefficient (Wildman–Crippen LogP) is 1.84. The van der Waals surface area contributed by atoms with Gasteiger partial charge in [0.1, 0.15) is 17.5 Å². The fraction of sp³-hybridized carbons (Fsp3) is 0.462. The minimum atomic E-state index is 0.252. The van der Waals surface area contributed by atoms with E-state index in [4.69, 9.17) is 5.73 Å². The molecule has 0 spiro atoms. The van der Waals surface area contributed by atoms with Gasteiger partial charge in [0.2, 0.25) is 0 Å². The van der Waals surface area contributed by atoms with Crippen molar-refractivity contribution in [3.63, 3.8) is 0 Å². The molecule has 2 rings (SSSR count). The molecular weight excluding hydrogens is 240 g/mol. The average molecular weight is 260 g/mol. The number of nitrogens with two attached hydrogens (primary N) is 1. The Bertz CT molecular complexity index is 573. The second kappa shape index (κ2) is 5.26. The highest BCUT2D eigenvalue weighted by Gasteiger charge is 2.11. The Kier molecular flexibility index (Phi) is 3.69. The maximum absolute atomic E-state index is 5.92. The van der Waals surface area contributed by atoms with Crippen LogP contribution < -0.4 is 11.1 Å². The molecule has 2 aromatic heterocycles. The molecule has 6 nitrogen and oxygen atoms in total. The van der Waals surface area contributed by atoms with Crippen molar-refractivity contribution in [3.8, 4) is 0 Å². The summed E-state index contributed by atoms with van der Waals surface area (Å²) in [6.07, 6.45) is 3.80. The molecule has 102 valence electrons. The molecule has 0 unspecified atom stereocenters. The smallest absolute Gasteiger partial charge is 0.135 e. The van der Waals surface area contributed by atoms with E-state index in [0.717, 1.165) is 22.8 Å². The fourth-order valence-electron chi connectivity index (χ4n) is 1.73. The minimum absolute atomic E-state index is 0.252. The maximum atomic E-state index is 5.92. The van der Waals surface area contributed by atoms with Gasteiger partial charge in [0, 0.05) is 36.8 Å². The van der Waals surface area contributed by atoms with Gasteiger partial charge in [-0.25, -0.2) is 9.97 Å². The van der Waals surface area contributed by atoms with Crippen molar-refractivity contribution in [2.24, 2.45) is 7.05 Å². The molecule has 2 aromatic rings. The summed E-state index contributed by atoms with van der Waals surface area (Å²) >= 11 is 0. The maximum Gasteiger partial charge on any atom is 0.135 e. The molecule has 0 saturated heterocycles. The first-order valence-corrected chi connectivity index (χ1v) is 6.32. The van der Waals surface area contributed by atoms with E-state index in [9.17, 15) is 0 Å². The van der Waals surface area contributed by atoms with E-state index in [1.807, 2.05) is 26.4 Å². The Hall–Kier alpha value is -2.11. The van der Waals surface area contributed by atoms with Gasteiger partial charge in [0.05, 0.1) is 6.20 Å². The highest BCUT2D eigenvalue weighted by Crippen LogP contribution is 2.21. The second-order valence-corrected chi connectivity index (χ2v) is 4.97. The highest BCUT2D eigenvalue weighted by atomic mass is 15.2. The van der Waals surface area contributed by atoms with Crippen LogP contribution in [0, 0.1) is 6.92 Å². The van der Waals surface area contributed by atoms with Gasteiger partial charge in [-0.2, -0.15) is 5.10 Å². The van der Waals surface area contributed by atoms with Crippen molar-refractivity contribution in [2.75, 3.05) is 11.1 Å². The van der Waals surface area contributed by atoms with Gasteiger partial charge in [0.25, 0.3) is 0 Å². The summed E-state index contributed by atoms with van der Waals surface area (Å²) in [4.78, 5) is 8.83. The molecule has 0 radical (unpaired) electrons. The van der Waals surface area contributed by atoms with Crippen LogP contribution in [0.3, 0.4) is 0 Å². The van der Waals surface area contributed by atoms with Crippen molar-refractivity contribution in [2.45, 2.75) is 33.2 Å². The van der Waals surface area contributed by atoms with E-state index in [2.05, 4.69) is 34.2 Å². The molecule has 0 amide bonds. The molecule has 0 bridgehead atoms. The number of nitrogens with one attached hydrogen (secondary N) is 1. The van der Waals surface area contributed by atoms with Crippen LogP contribution in [0.1, 0.15) is 36.7 Å². The van der Waals surface area contributed by atoms with E-state index < -0.39 is 0 Å². The Morgan fingerprint density at radius 1 is 1.37 bits per heavy atom. The first-order valence-electron chi connectivity index (χ1n) is 6.32. The second-order valence-electron chi connectivity index (χ2n) is 4.97. The first kappa shape index (κ1) is 13.3. The molecule has 0 aromatic carbocycles. The van der Waals surface area contributed by atoms with Crippen molar-refractivity contribution in [1.29, 1.82) is 0 Å². The normalized spacial score (nSPS) is 11.0. The van der Waals surface area contributed by atoms with Gasteiger partial charge in [-0.1, -0.05) is 13.8 Å². The Labute approximate surface area is 113 Å². The Morgan fingerprint density at radius 3 is 2.68 bits per heavy atom. The van der Waals surface area contributed by atoms with Crippen LogP contribution in [0.4, 0.5) is 11.6 Å². The monoisotopic (exact) mass is 260 g/mol. The highest BCUT2D eigenvalue weighted by molar-refractivity contribution is 5.55. The largest absolute Gasteiger partial charge is 0.383 e. The number of nitrogens with zero attached hydrogens (tertiary/aromatic N) is 4. The van der Waals surface area contributed by atoms with Crippen LogP contribution in [-0.4, -0.2) is 19.7 Å². The molecule has 2 heterocycles. The predicted molar refractivity (Wildman–Crippen MR) is 75.8 cm³/mol. The summed E-state index contributed by atoms with van der Waals surface area (Å²) in [6, 6.07) is 0. The molecule has 0 aliphatic rings. The summed E-state index contributed by atoms with van der Waals surface area (Å²) in [5.74, 6) is 2.34. The molecule has 3 N–H and O–H groups in total. The van der Waals surface area contributed by atoms with Crippen molar-refractivity contribution >= 4 is 11.6 Å². The summed E-state index contributed by atoms with van der Waals surface area (Å²) in [5.41, 5.74) is 7.91. The summed E-state index contributed by atoms with van der Waals surface area (Å²) in [7, 11) is 1.90. The number of rotatable bonds is 4. The van der Waals surface area contributed by atoms with Crippen molar-refractivity contribution in [1.82, 2.24) is 19.7 Å². The average Bonchev–Trinajstić information content (AvgIpc) is 2.76. The fourth-order valence-corrected chi connectivity index (χ4v) is 1.73. The number of hydrogen-bond acceptors (Lipinski definition) is 5. The lowest BCUT2D eigenvalue weighted by Crippen LogP contribution is -2.10. The number of hydrogen-bond donors (Lipinski definition) is 2. The zero-order valence-corrected chi connectivity index (χ0v) is 11.8. The Morgan fingerprint density at radius 2 is 2.11 bits per heavy atom. The molecular formula is C13H20N6. The summed E-state index contributed by atoms with van der Waals surface area (Å²) < 4.78 is 1.78. The lowest BCUT2D eigenvalue weighted by atomic mass is 10.2. The van der Waals surface area contributed by atoms with Crippen LogP contribution >= 0.6 is 0 Å². The van der Waals surface area contributed by atoms with Crippen LogP contribution in [-0.2, 0) is 13.6 Å². The number of aromatic nitrogens is 4. The third-order valence-electron chi connectivity index (χ3n) is 2.94. The summed E-state index contributed by atoms with van der Waals surface area (Å²) in [6.45, 7) is 6.69. The molecule has 0 saturated carbocycles. The minimum Gasteiger partial charge on any atom is -0.383 e. The van der Waals surface area contributed by atoms with E-state index in [1.165, 1.54) is 0 Å². The number of anilines is 2. The van der Waals surface area contributed by atoms with Gasteiger partial charge < -0.3 is 11.1 Å². The van der Waals surface area contributed by atoms with Gasteiger partial charge >= 0.3 is 0 Å². The van der Waals surface area contributed by atoms with E-state index in [1.54, 1.807) is 4.68 Å². The van der Waals surface area contributed by atoms with Gasteiger partial charge in [-0.3, -0.25) is 4.68 Å². The van der Waals surface area contributed by atoms with Crippen LogP contribution in [0.25, 0.3) is 0 Å². The number of aryl methyl sites for hydroxylation is 1. The van der Waals surface area contributed by atoms with Crippen LogP contribution in [0.2, 0.25) is 0 Å². The van der Waals surface area contributed by atoms with Crippen molar-refractivity contribution < 1.29 is 0 Å². The van der Waals surface area contributed by atoms with Gasteiger partial charge in [-0.15, -0.1) is 0 Å². The first-order chi connectivity index (χ1) is 8.97. The van der Waals surface area contributed by atoms with Crippen LogP contribution in [0.5, 0.6) is 0 Å². The van der Waals surface area contributed by atoms with E-state index in [-0.39, 0.29) is 5.92 Å². The number of nitrogen functional groups attached to an aromatic ring is 1. The third-order valence-corrected chi connectivity index (χ3v) is 2.94. The van der Waals surface area contributed by atoms with Gasteiger partial charge in [-0.05, 0) is 6.92 Å². The molecule has 6 heteroatoms. The third kappa shape index (κ3) is 3.01. The summed E-state index contributed by atoms with van der Waals surface area (Å²) in [5, 5.41) is 7.43. The molecule has 0 atom stereocenters.